The van der Waals surface area contributed by atoms with Crippen molar-refractivity contribution in [1.29, 1.82) is 0 Å². The highest BCUT2D eigenvalue weighted by atomic mass is 16.2. The van der Waals surface area contributed by atoms with E-state index in [9.17, 15) is 9.59 Å². The van der Waals surface area contributed by atoms with E-state index in [0.717, 1.165) is 22.4 Å². The maximum Gasteiger partial charge on any atom is 0.253 e. The first-order valence-electron chi connectivity index (χ1n) is 12.0. The molecule has 0 aliphatic carbocycles. The molecule has 0 atom stereocenters. The summed E-state index contributed by atoms with van der Waals surface area (Å²) in [4.78, 5) is 34.8. The number of nitrogens with one attached hydrogen (secondary N) is 3. The van der Waals surface area contributed by atoms with Gasteiger partial charge in [-0.3, -0.25) is 14.6 Å². The molecule has 2 heterocycles. The Hall–Kier alpha value is -4.72. The fourth-order valence-corrected chi connectivity index (χ4v) is 3.79. The third-order valence-electron chi connectivity index (χ3n) is 5.79. The first-order chi connectivity index (χ1) is 17.9. The minimum Gasteiger partial charge on any atom is -0.388 e. The second-order valence-corrected chi connectivity index (χ2v) is 8.79. The van der Waals surface area contributed by atoms with Crippen molar-refractivity contribution < 1.29 is 9.59 Å². The lowest BCUT2D eigenvalue weighted by Gasteiger charge is -2.11. The Morgan fingerprint density at radius 2 is 1.59 bits per heavy atom. The van der Waals surface area contributed by atoms with Gasteiger partial charge in [0.25, 0.3) is 5.91 Å². The molecule has 0 radical (unpaired) electrons. The highest BCUT2D eigenvalue weighted by Crippen LogP contribution is 2.23. The van der Waals surface area contributed by atoms with Gasteiger partial charge in [0.2, 0.25) is 5.91 Å². The van der Waals surface area contributed by atoms with Crippen LogP contribution in [0.15, 0.2) is 85.3 Å². The van der Waals surface area contributed by atoms with Crippen LogP contribution in [0.5, 0.6) is 0 Å². The molecule has 4 rings (SSSR count). The Morgan fingerprint density at radius 1 is 0.838 bits per heavy atom. The number of amides is 2. The number of benzene rings is 2. The Labute approximate surface area is 216 Å². The van der Waals surface area contributed by atoms with Gasteiger partial charge in [-0.2, -0.15) is 0 Å². The maximum atomic E-state index is 12.5. The van der Waals surface area contributed by atoms with E-state index in [-0.39, 0.29) is 11.8 Å². The van der Waals surface area contributed by atoms with E-state index >= 15 is 0 Å². The number of anilines is 4. The van der Waals surface area contributed by atoms with Crippen LogP contribution in [-0.2, 0) is 11.2 Å². The molecule has 2 aromatic carbocycles. The molecule has 0 saturated heterocycles. The molecule has 0 spiro atoms. The van der Waals surface area contributed by atoms with Gasteiger partial charge in [-0.05, 0) is 60.0 Å². The number of carbonyl (C=O) groups excluding carboxylic acids is 2. The summed E-state index contributed by atoms with van der Waals surface area (Å²) >= 11 is 0. The van der Waals surface area contributed by atoms with Gasteiger partial charge in [-0.15, -0.1) is 0 Å². The lowest BCUT2D eigenvalue weighted by Crippen LogP contribution is -2.21. The fourth-order valence-electron chi connectivity index (χ4n) is 3.79. The number of rotatable bonds is 9. The average molecular weight is 495 g/mol. The van der Waals surface area contributed by atoms with E-state index in [1.54, 1.807) is 37.6 Å². The lowest BCUT2D eigenvalue weighted by atomic mass is 10.1. The predicted molar refractivity (Wildman–Crippen MR) is 148 cm³/mol. The number of hydrogen-bond donors (Lipinski definition) is 3. The van der Waals surface area contributed by atoms with Crippen LogP contribution in [0.3, 0.4) is 0 Å². The van der Waals surface area contributed by atoms with Gasteiger partial charge in [-0.25, -0.2) is 4.98 Å². The standard InChI is InChI=1S/C29H30N6O2/c1-30-24-6-4-5-20(15-24)7-14-28(36)34-26-16-25(18-31-19-26)33-27-13-12-23(17-32-27)21-8-10-22(11-9-21)29(37)35(2)3/h4-6,8-13,15-19,30H,7,14H2,1-3H3,(H,32,33)(H,34,36). The monoisotopic (exact) mass is 494 g/mol. The third-order valence-corrected chi connectivity index (χ3v) is 5.79. The molecule has 188 valence electrons. The Balaban J connectivity index is 1.34. The lowest BCUT2D eigenvalue weighted by molar-refractivity contribution is -0.116. The van der Waals surface area contributed by atoms with Crippen LogP contribution in [0.4, 0.5) is 22.9 Å². The molecule has 0 bridgehead atoms. The zero-order valence-corrected chi connectivity index (χ0v) is 21.2. The quantitative estimate of drug-likeness (QED) is 0.296. The second-order valence-electron chi connectivity index (χ2n) is 8.79. The number of nitrogens with zero attached hydrogens (tertiary/aromatic N) is 3. The number of aromatic nitrogens is 2. The van der Waals surface area contributed by atoms with Crippen molar-refractivity contribution in [3.8, 4) is 11.1 Å². The highest BCUT2D eigenvalue weighted by molar-refractivity contribution is 5.94. The van der Waals surface area contributed by atoms with Crippen LogP contribution in [-0.4, -0.2) is 47.8 Å². The number of aryl methyl sites for hydroxylation is 1. The summed E-state index contributed by atoms with van der Waals surface area (Å²) in [5.41, 5.74) is 6.00. The van der Waals surface area contributed by atoms with Gasteiger partial charge < -0.3 is 20.9 Å². The van der Waals surface area contributed by atoms with Gasteiger partial charge >= 0.3 is 0 Å². The molecule has 8 nitrogen and oxygen atoms in total. The van der Waals surface area contributed by atoms with Crippen LogP contribution in [0.25, 0.3) is 11.1 Å². The zero-order valence-electron chi connectivity index (χ0n) is 21.2. The normalized spacial score (nSPS) is 10.5. The topological polar surface area (TPSA) is 99.2 Å². The van der Waals surface area contributed by atoms with Crippen molar-refractivity contribution in [2.24, 2.45) is 0 Å². The SMILES string of the molecule is CNc1cccc(CCC(=O)Nc2cncc(Nc3ccc(-c4ccc(C(=O)N(C)C)cc4)cn3)c2)c1. The van der Waals surface area contributed by atoms with E-state index < -0.39 is 0 Å². The van der Waals surface area contributed by atoms with Crippen molar-refractivity contribution in [3.63, 3.8) is 0 Å². The molecule has 37 heavy (non-hydrogen) atoms. The van der Waals surface area contributed by atoms with Crippen LogP contribution in [0.2, 0.25) is 0 Å². The summed E-state index contributed by atoms with van der Waals surface area (Å²) in [5, 5.41) is 9.24. The van der Waals surface area contributed by atoms with E-state index in [4.69, 9.17) is 0 Å². The fraction of sp³-hybridized carbons (Fsp3) is 0.172. The molecule has 0 aliphatic rings. The number of carbonyl (C=O) groups is 2. The molecule has 8 heteroatoms. The largest absolute Gasteiger partial charge is 0.388 e. The van der Waals surface area contributed by atoms with Crippen LogP contribution in [0, 0.1) is 0 Å². The molecule has 2 aromatic heterocycles. The van der Waals surface area contributed by atoms with Crippen LogP contribution in [0.1, 0.15) is 22.3 Å². The molecule has 2 amide bonds. The van der Waals surface area contributed by atoms with E-state index in [0.29, 0.717) is 35.6 Å². The van der Waals surface area contributed by atoms with Crippen molar-refractivity contribution in [2.75, 3.05) is 37.1 Å². The summed E-state index contributed by atoms with van der Waals surface area (Å²) in [5.74, 6) is 0.544. The van der Waals surface area contributed by atoms with E-state index in [2.05, 4.69) is 25.9 Å². The second kappa shape index (κ2) is 11.8. The Morgan fingerprint density at radius 3 is 2.30 bits per heavy atom. The summed E-state index contributed by atoms with van der Waals surface area (Å²) in [6, 6.07) is 21.1. The molecular weight excluding hydrogens is 464 g/mol. The number of pyridine rings is 2. The van der Waals surface area contributed by atoms with E-state index in [1.807, 2.05) is 73.8 Å². The smallest absolute Gasteiger partial charge is 0.253 e. The van der Waals surface area contributed by atoms with Crippen molar-refractivity contribution in [2.45, 2.75) is 12.8 Å². The maximum absolute atomic E-state index is 12.5. The summed E-state index contributed by atoms with van der Waals surface area (Å²) in [6.45, 7) is 0. The zero-order chi connectivity index (χ0) is 26.2. The van der Waals surface area contributed by atoms with Crippen molar-refractivity contribution in [3.05, 3.63) is 96.4 Å². The molecule has 0 fully saturated rings. The summed E-state index contributed by atoms with van der Waals surface area (Å²) in [6.07, 6.45) is 6.09. The molecule has 3 N–H and O–H groups in total. The minimum atomic E-state index is -0.0745. The van der Waals surface area contributed by atoms with E-state index in [1.165, 1.54) is 0 Å². The molecule has 0 saturated carbocycles. The Bertz CT molecular complexity index is 1370. The van der Waals surface area contributed by atoms with Crippen molar-refractivity contribution in [1.82, 2.24) is 14.9 Å². The predicted octanol–water partition coefficient (Wildman–Crippen LogP) is 5.20. The Kier molecular flexibility index (Phi) is 8.10. The average Bonchev–Trinajstić information content (AvgIpc) is 2.92. The first kappa shape index (κ1) is 25.4. The van der Waals surface area contributed by atoms with Gasteiger partial charge in [0, 0.05) is 50.6 Å². The molecule has 0 aliphatic heterocycles. The highest BCUT2D eigenvalue weighted by Gasteiger charge is 2.09. The summed E-state index contributed by atoms with van der Waals surface area (Å²) in [7, 11) is 5.34. The summed E-state index contributed by atoms with van der Waals surface area (Å²) < 4.78 is 0. The molecule has 0 unspecified atom stereocenters. The minimum absolute atomic E-state index is 0.0319. The number of hydrogen-bond acceptors (Lipinski definition) is 6. The van der Waals surface area contributed by atoms with Gasteiger partial charge in [0.15, 0.2) is 0 Å². The van der Waals surface area contributed by atoms with Crippen LogP contribution >= 0.6 is 0 Å². The first-order valence-corrected chi connectivity index (χ1v) is 12.0. The van der Waals surface area contributed by atoms with Gasteiger partial charge in [0.1, 0.15) is 5.82 Å². The van der Waals surface area contributed by atoms with Gasteiger partial charge in [0.05, 0.1) is 23.8 Å². The van der Waals surface area contributed by atoms with Gasteiger partial charge in [-0.1, -0.05) is 24.3 Å². The van der Waals surface area contributed by atoms with Crippen LogP contribution < -0.4 is 16.0 Å². The van der Waals surface area contributed by atoms with Crippen molar-refractivity contribution >= 4 is 34.7 Å². The molecule has 4 aromatic rings. The molecular formula is C29H30N6O2. The third kappa shape index (κ3) is 6.91.